The van der Waals surface area contributed by atoms with Gasteiger partial charge in [-0.05, 0) is 56.0 Å². The third kappa shape index (κ3) is 3.38. The quantitative estimate of drug-likeness (QED) is 0.770. The monoisotopic (exact) mass is 366 g/mol. The number of anilines is 1. The summed E-state index contributed by atoms with van der Waals surface area (Å²) in [6.07, 6.45) is 7.13. The van der Waals surface area contributed by atoms with Crippen molar-refractivity contribution in [2.75, 3.05) is 11.9 Å². The minimum atomic E-state index is -0.421. The molecule has 4 heterocycles. The van der Waals surface area contributed by atoms with E-state index in [-0.39, 0.29) is 17.2 Å². The Hall–Kier alpha value is -2.93. The van der Waals surface area contributed by atoms with E-state index in [9.17, 15) is 9.59 Å². The molecule has 0 aliphatic carbocycles. The van der Waals surface area contributed by atoms with Crippen LogP contribution in [0.2, 0.25) is 0 Å². The summed E-state index contributed by atoms with van der Waals surface area (Å²) < 4.78 is 8.87. The molecule has 0 radical (unpaired) electrons. The molecule has 7 heteroatoms. The summed E-state index contributed by atoms with van der Waals surface area (Å²) in [4.78, 5) is 25.8. The van der Waals surface area contributed by atoms with Crippen molar-refractivity contribution in [1.29, 1.82) is 0 Å². The van der Waals surface area contributed by atoms with Crippen LogP contribution in [0.15, 0.2) is 41.6 Å². The topological polar surface area (TPSA) is 77.6 Å². The minimum Gasteiger partial charge on any atom is -0.376 e. The summed E-state index contributed by atoms with van der Waals surface area (Å²) >= 11 is 0. The van der Waals surface area contributed by atoms with Crippen LogP contribution in [-0.2, 0) is 11.3 Å². The number of carbonyl (C=O) groups excluding carboxylic acids is 1. The SMILES string of the molecule is Cc1ccn2ncc(NC(=O)c3c(C)ccn(CC4CCCO4)c3=O)c2c1. The standard InChI is InChI=1S/C20H22N4O3/c1-13-5-8-24-17(10-13)16(11-21-24)22-19(25)18-14(2)6-7-23(20(18)26)12-15-4-3-9-27-15/h5-8,10-11,15H,3-4,9,12H2,1-2H3,(H,22,25). The van der Waals surface area contributed by atoms with Crippen LogP contribution in [0.5, 0.6) is 0 Å². The number of hydrogen-bond donors (Lipinski definition) is 1. The van der Waals surface area contributed by atoms with Crippen molar-refractivity contribution in [3.63, 3.8) is 0 Å². The number of rotatable bonds is 4. The Labute approximate surface area is 156 Å². The zero-order valence-electron chi connectivity index (χ0n) is 15.4. The van der Waals surface area contributed by atoms with Crippen molar-refractivity contribution in [3.05, 3.63) is 63.8 Å². The lowest BCUT2D eigenvalue weighted by atomic mass is 10.1. The van der Waals surface area contributed by atoms with Crippen LogP contribution < -0.4 is 10.9 Å². The first-order chi connectivity index (χ1) is 13.0. The summed E-state index contributed by atoms with van der Waals surface area (Å²) in [5, 5.41) is 7.08. The number of hydrogen-bond acceptors (Lipinski definition) is 4. The van der Waals surface area contributed by atoms with Gasteiger partial charge >= 0.3 is 0 Å². The van der Waals surface area contributed by atoms with Crippen molar-refractivity contribution in [3.8, 4) is 0 Å². The van der Waals surface area contributed by atoms with Gasteiger partial charge in [-0.3, -0.25) is 9.59 Å². The molecule has 3 aromatic heterocycles. The van der Waals surface area contributed by atoms with E-state index < -0.39 is 5.91 Å². The maximum absolute atomic E-state index is 12.9. The molecule has 1 atom stereocenters. The molecule has 0 bridgehead atoms. The van der Waals surface area contributed by atoms with Crippen LogP contribution >= 0.6 is 0 Å². The van der Waals surface area contributed by atoms with Gasteiger partial charge in [-0.15, -0.1) is 0 Å². The normalized spacial score (nSPS) is 16.7. The molecule has 1 aliphatic heterocycles. The molecule has 1 N–H and O–H groups in total. The summed E-state index contributed by atoms with van der Waals surface area (Å²) in [7, 11) is 0. The second kappa shape index (κ2) is 7.00. The number of nitrogens with one attached hydrogen (secondary N) is 1. The molecule has 0 spiro atoms. The fourth-order valence-corrected chi connectivity index (χ4v) is 3.46. The van der Waals surface area contributed by atoms with E-state index in [4.69, 9.17) is 4.74 Å². The van der Waals surface area contributed by atoms with Crippen LogP contribution in [-0.4, -0.2) is 32.8 Å². The number of ether oxygens (including phenoxy) is 1. The molecule has 1 saturated heterocycles. The van der Waals surface area contributed by atoms with Gasteiger partial charge in [0.15, 0.2) is 0 Å². The van der Waals surface area contributed by atoms with E-state index in [1.54, 1.807) is 34.5 Å². The number of aryl methyl sites for hydroxylation is 2. The largest absolute Gasteiger partial charge is 0.376 e. The highest BCUT2D eigenvalue weighted by Gasteiger charge is 2.21. The fourth-order valence-electron chi connectivity index (χ4n) is 3.46. The molecular weight excluding hydrogens is 344 g/mol. The highest BCUT2D eigenvalue weighted by atomic mass is 16.5. The molecule has 1 fully saturated rings. The van der Waals surface area contributed by atoms with Crippen molar-refractivity contribution < 1.29 is 9.53 Å². The zero-order chi connectivity index (χ0) is 19.0. The van der Waals surface area contributed by atoms with Crippen molar-refractivity contribution in [2.45, 2.75) is 39.3 Å². The number of amides is 1. The van der Waals surface area contributed by atoms with Crippen LogP contribution in [0.25, 0.3) is 5.52 Å². The third-order valence-electron chi connectivity index (χ3n) is 4.95. The molecule has 1 unspecified atom stereocenters. The van der Waals surface area contributed by atoms with E-state index >= 15 is 0 Å². The smallest absolute Gasteiger partial charge is 0.263 e. The Bertz CT molecular complexity index is 1060. The number of nitrogens with zero attached hydrogens (tertiary/aromatic N) is 3. The summed E-state index contributed by atoms with van der Waals surface area (Å²) in [5.41, 5.74) is 2.94. The average molecular weight is 366 g/mol. The number of aromatic nitrogens is 3. The molecule has 1 amide bonds. The second-order valence-electron chi connectivity index (χ2n) is 7.01. The maximum atomic E-state index is 12.9. The Morgan fingerprint density at radius 1 is 1.33 bits per heavy atom. The minimum absolute atomic E-state index is 0.0314. The Morgan fingerprint density at radius 3 is 2.96 bits per heavy atom. The first-order valence-electron chi connectivity index (χ1n) is 9.10. The molecule has 4 rings (SSSR count). The van der Waals surface area contributed by atoms with Gasteiger partial charge in [-0.1, -0.05) is 0 Å². The summed E-state index contributed by atoms with van der Waals surface area (Å²) in [6.45, 7) is 4.94. The van der Waals surface area contributed by atoms with Crippen molar-refractivity contribution in [2.24, 2.45) is 0 Å². The average Bonchev–Trinajstić information content (AvgIpc) is 3.28. The molecule has 1 aliphatic rings. The van der Waals surface area contributed by atoms with E-state index in [1.807, 2.05) is 25.3 Å². The van der Waals surface area contributed by atoms with Crippen LogP contribution in [0, 0.1) is 13.8 Å². The third-order valence-corrected chi connectivity index (χ3v) is 4.95. The van der Waals surface area contributed by atoms with Gasteiger partial charge in [0.05, 0.1) is 30.0 Å². The molecular formula is C20H22N4O3. The van der Waals surface area contributed by atoms with Crippen LogP contribution in [0.3, 0.4) is 0 Å². The van der Waals surface area contributed by atoms with Gasteiger partial charge in [0.2, 0.25) is 0 Å². The fraction of sp³-hybridized carbons (Fsp3) is 0.350. The highest BCUT2D eigenvalue weighted by molar-refractivity contribution is 6.06. The van der Waals surface area contributed by atoms with Crippen molar-refractivity contribution in [1.82, 2.24) is 14.2 Å². The Balaban J connectivity index is 1.64. The predicted octanol–water partition coefficient (Wildman–Crippen LogP) is 2.54. The molecule has 27 heavy (non-hydrogen) atoms. The van der Waals surface area contributed by atoms with Crippen molar-refractivity contribution >= 4 is 17.1 Å². The highest BCUT2D eigenvalue weighted by Crippen LogP contribution is 2.19. The lowest BCUT2D eigenvalue weighted by Crippen LogP contribution is -2.32. The first kappa shape index (κ1) is 17.5. The van der Waals surface area contributed by atoms with Gasteiger partial charge in [0, 0.05) is 19.0 Å². The van der Waals surface area contributed by atoms with Gasteiger partial charge in [-0.25, -0.2) is 4.52 Å². The summed E-state index contributed by atoms with van der Waals surface area (Å²) in [5.74, 6) is -0.421. The van der Waals surface area contributed by atoms with E-state index in [0.29, 0.717) is 17.8 Å². The van der Waals surface area contributed by atoms with Gasteiger partial charge < -0.3 is 14.6 Å². The zero-order valence-corrected chi connectivity index (χ0v) is 15.4. The maximum Gasteiger partial charge on any atom is 0.263 e. The predicted molar refractivity (Wildman–Crippen MR) is 102 cm³/mol. The number of pyridine rings is 2. The molecule has 0 saturated carbocycles. The first-order valence-corrected chi connectivity index (χ1v) is 9.10. The number of carbonyl (C=O) groups is 1. The van der Waals surface area contributed by atoms with E-state index in [2.05, 4.69) is 10.4 Å². The van der Waals surface area contributed by atoms with E-state index in [1.165, 1.54) is 0 Å². The van der Waals surface area contributed by atoms with Gasteiger partial charge in [-0.2, -0.15) is 5.10 Å². The Kier molecular flexibility index (Phi) is 4.53. The Morgan fingerprint density at radius 2 is 2.19 bits per heavy atom. The lowest BCUT2D eigenvalue weighted by Gasteiger charge is -2.14. The second-order valence-corrected chi connectivity index (χ2v) is 7.01. The van der Waals surface area contributed by atoms with E-state index in [0.717, 1.165) is 30.5 Å². The molecule has 0 aromatic carbocycles. The van der Waals surface area contributed by atoms with Gasteiger partial charge in [0.1, 0.15) is 5.56 Å². The van der Waals surface area contributed by atoms with Crippen LogP contribution in [0.1, 0.15) is 34.3 Å². The summed E-state index contributed by atoms with van der Waals surface area (Å²) in [6, 6.07) is 5.68. The van der Waals surface area contributed by atoms with Crippen LogP contribution in [0.4, 0.5) is 5.69 Å². The van der Waals surface area contributed by atoms with Gasteiger partial charge in [0.25, 0.3) is 11.5 Å². The molecule has 140 valence electrons. The molecule has 7 nitrogen and oxygen atoms in total. The lowest BCUT2D eigenvalue weighted by molar-refractivity contribution is 0.0952. The molecule has 3 aromatic rings. The number of fused-ring (bicyclic) bond motifs is 1.